The molecule has 0 bridgehead atoms. The first kappa shape index (κ1) is 15.6. The molecule has 1 saturated carbocycles. The number of rotatable bonds is 5. The number of nitrogens with one attached hydrogen (secondary N) is 1. The third-order valence-electron chi connectivity index (χ3n) is 3.73. The van der Waals surface area contributed by atoms with Crippen LogP contribution in [0.2, 0.25) is 10.0 Å². The van der Waals surface area contributed by atoms with Crippen LogP contribution in [0.1, 0.15) is 30.9 Å². The number of hydrogen-bond acceptors (Lipinski definition) is 3. The first-order chi connectivity index (χ1) is 9.46. The minimum atomic E-state index is -1.29. The summed E-state index contributed by atoms with van der Waals surface area (Å²) in [6, 6.07) is 4.59. The van der Waals surface area contributed by atoms with E-state index in [1.165, 1.54) is 12.1 Å². The maximum atomic E-state index is 12.0. The monoisotopic (exact) mass is 317 g/mol. The van der Waals surface area contributed by atoms with Gasteiger partial charge >= 0.3 is 0 Å². The van der Waals surface area contributed by atoms with Gasteiger partial charge in [-0.15, -0.1) is 0 Å². The van der Waals surface area contributed by atoms with Crippen molar-refractivity contribution < 1.29 is 14.6 Å². The summed E-state index contributed by atoms with van der Waals surface area (Å²) >= 11 is 11.7. The molecule has 0 heterocycles. The zero-order chi connectivity index (χ0) is 14.8. The van der Waals surface area contributed by atoms with Gasteiger partial charge in [0, 0.05) is 23.7 Å². The third kappa shape index (κ3) is 3.44. The van der Waals surface area contributed by atoms with Crippen LogP contribution in [0.4, 0.5) is 0 Å². The lowest BCUT2D eigenvalue weighted by atomic mass is 9.80. The van der Waals surface area contributed by atoms with Crippen molar-refractivity contribution in [2.75, 3.05) is 13.7 Å². The van der Waals surface area contributed by atoms with Crippen LogP contribution in [0.25, 0.3) is 0 Å². The summed E-state index contributed by atoms with van der Waals surface area (Å²) in [7, 11) is 1.64. The van der Waals surface area contributed by atoms with Gasteiger partial charge in [0.05, 0.1) is 5.60 Å². The second-order valence-electron chi connectivity index (χ2n) is 5.06. The van der Waals surface area contributed by atoms with Gasteiger partial charge in [-0.05, 0) is 43.0 Å². The van der Waals surface area contributed by atoms with Crippen LogP contribution in [0, 0.1) is 0 Å². The highest BCUT2D eigenvalue weighted by molar-refractivity contribution is 6.34. The standard InChI is InChI=1S/C14H17Cl2NO3/c1-20-14(3-2-4-14)8-17-13(19)12(18)9-5-10(15)7-11(16)6-9/h5-7,12,18H,2-4,8H2,1H3,(H,17,19). The molecule has 1 amide bonds. The smallest absolute Gasteiger partial charge is 0.253 e. The number of carbonyl (C=O) groups excluding carboxylic acids is 1. The molecule has 0 aromatic heterocycles. The fourth-order valence-corrected chi connectivity index (χ4v) is 2.80. The van der Waals surface area contributed by atoms with Crippen LogP contribution in [0.3, 0.4) is 0 Å². The molecule has 1 aromatic rings. The molecule has 1 atom stereocenters. The molecule has 4 nitrogen and oxygen atoms in total. The SMILES string of the molecule is COC1(CNC(=O)C(O)c2cc(Cl)cc(Cl)c2)CCC1. The molecule has 1 fully saturated rings. The van der Waals surface area contributed by atoms with Crippen molar-refractivity contribution in [1.82, 2.24) is 5.32 Å². The van der Waals surface area contributed by atoms with Crippen LogP contribution in [0.5, 0.6) is 0 Å². The maximum absolute atomic E-state index is 12.0. The molecular formula is C14H17Cl2NO3. The van der Waals surface area contributed by atoms with E-state index in [1.54, 1.807) is 13.2 Å². The van der Waals surface area contributed by atoms with Gasteiger partial charge in [-0.3, -0.25) is 4.79 Å². The minimum absolute atomic E-state index is 0.276. The molecular weight excluding hydrogens is 301 g/mol. The van der Waals surface area contributed by atoms with Gasteiger partial charge in [0.15, 0.2) is 6.10 Å². The lowest BCUT2D eigenvalue weighted by Crippen LogP contribution is -2.50. The number of aliphatic hydroxyl groups is 1. The number of amides is 1. The Hall–Kier alpha value is -0.810. The van der Waals surface area contributed by atoms with Gasteiger partial charge in [-0.2, -0.15) is 0 Å². The van der Waals surface area contributed by atoms with E-state index in [0.717, 1.165) is 19.3 Å². The van der Waals surface area contributed by atoms with Gasteiger partial charge in [0.1, 0.15) is 0 Å². The van der Waals surface area contributed by atoms with Crippen molar-refractivity contribution >= 4 is 29.1 Å². The van der Waals surface area contributed by atoms with E-state index in [9.17, 15) is 9.90 Å². The first-order valence-electron chi connectivity index (χ1n) is 6.43. The maximum Gasteiger partial charge on any atom is 0.253 e. The summed E-state index contributed by atoms with van der Waals surface area (Å²) in [5.74, 6) is -0.480. The first-order valence-corrected chi connectivity index (χ1v) is 7.18. The fourth-order valence-electron chi connectivity index (χ4n) is 2.25. The molecule has 1 aromatic carbocycles. The fraction of sp³-hybridized carbons (Fsp3) is 0.500. The second-order valence-corrected chi connectivity index (χ2v) is 5.94. The molecule has 0 aliphatic heterocycles. The van der Waals surface area contributed by atoms with Crippen molar-refractivity contribution in [1.29, 1.82) is 0 Å². The summed E-state index contributed by atoms with van der Waals surface area (Å²) in [6.45, 7) is 0.397. The zero-order valence-electron chi connectivity index (χ0n) is 11.2. The van der Waals surface area contributed by atoms with E-state index in [0.29, 0.717) is 22.2 Å². The Morgan fingerprint density at radius 1 is 1.40 bits per heavy atom. The Morgan fingerprint density at radius 3 is 2.45 bits per heavy atom. The van der Waals surface area contributed by atoms with Crippen molar-refractivity contribution in [3.8, 4) is 0 Å². The van der Waals surface area contributed by atoms with Crippen molar-refractivity contribution in [3.63, 3.8) is 0 Å². The number of carbonyl (C=O) groups is 1. The Balaban J connectivity index is 1.98. The molecule has 110 valence electrons. The molecule has 0 radical (unpaired) electrons. The average Bonchev–Trinajstić information content (AvgIpc) is 2.35. The average molecular weight is 318 g/mol. The summed E-state index contributed by atoms with van der Waals surface area (Å²) in [6.07, 6.45) is 1.64. The summed E-state index contributed by atoms with van der Waals surface area (Å²) in [4.78, 5) is 12.0. The lowest BCUT2D eigenvalue weighted by Gasteiger charge is -2.40. The molecule has 1 unspecified atom stereocenters. The Bertz CT molecular complexity index is 477. The van der Waals surface area contributed by atoms with Crippen molar-refractivity contribution in [2.24, 2.45) is 0 Å². The van der Waals surface area contributed by atoms with Gasteiger partial charge in [0.25, 0.3) is 5.91 Å². The molecule has 1 aliphatic carbocycles. The normalized spacial score (nSPS) is 18.2. The molecule has 2 rings (SSSR count). The van der Waals surface area contributed by atoms with Gasteiger partial charge in [-0.25, -0.2) is 0 Å². The van der Waals surface area contributed by atoms with Gasteiger partial charge in [0.2, 0.25) is 0 Å². The molecule has 20 heavy (non-hydrogen) atoms. The van der Waals surface area contributed by atoms with E-state index in [4.69, 9.17) is 27.9 Å². The predicted molar refractivity (Wildman–Crippen MR) is 78.0 cm³/mol. The van der Waals surface area contributed by atoms with E-state index in [-0.39, 0.29) is 5.60 Å². The molecule has 0 spiro atoms. The lowest BCUT2D eigenvalue weighted by molar-refractivity contribution is -0.133. The number of methoxy groups -OCH3 is 1. The van der Waals surface area contributed by atoms with Crippen LogP contribution in [0.15, 0.2) is 18.2 Å². The van der Waals surface area contributed by atoms with Crippen LogP contribution >= 0.6 is 23.2 Å². The van der Waals surface area contributed by atoms with Crippen LogP contribution < -0.4 is 5.32 Å². The van der Waals surface area contributed by atoms with Crippen molar-refractivity contribution in [2.45, 2.75) is 31.0 Å². The van der Waals surface area contributed by atoms with Crippen molar-refractivity contribution in [3.05, 3.63) is 33.8 Å². The quantitative estimate of drug-likeness (QED) is 0.877. The summed E-state index contributed by atoms with van der Waals surface area (Å²) in [5.41, 5.74) is 0.0986. The highest BCUT2D eigenvalue weighted by Gasteiger charge is 2.37. The molecule has 0 saturated heterocycles. The molecule has 1 aliphatic rings. The number of ether oxygens (including phenoxy) is 1. The predicted octanol–water partition coefficient (Wildman–Crippen LogP) is 2.71. The largest absolute Gasteiger partial charge is 0.378 e. The van der Waals surface area contributed by atoms with Gasteiger partial charge < -0.3 is 15.2 Å². The number of aliphatic hydroxyl groups excluding tert-OH is 1. The minimum Gasteiger partial charge on any atom is -0.378 e. The topological polar surface area (TPSA) is 58.6 Å². The number of halogens is 2. The summed E-state index contributed by atoms with van der Waals surface area (Å²) in [5, 5.41) is 13.5. The second kappa shape index (κ2) is 6.31. The van der Waals surface area contributed by atoms with E-state index >= 15 is 0 Å². The van der Waals surface area contributed by atoms with E-state index in [2.05, 4.69) is 5.32 Å². The third-order valence-corrected chi connectivity index (χ3v) is 4.17. The number of hydrogen-bond donors (Lipinski definition) is 2. The Morgan fingerprint density at radius 2 is 2.00 bits per heavy atom. The van der Waals surface area contributed by atoms with Crippen LogP contribution in [-0.4, -0.2) is 30.3 Å². The molecule has 2 N–H and O–H groups in total. The molecule has 6 heteroatoms. The Labute approximate surface area is 128 Å². The summed E-state index contributed by atoms with van der Waals surface area (Å²) < 4.78 is 5.41. The highest BCUT2D eigenvalue weighted by Crippen LogP contribution is 2.34. The van der Waals surface area contributed by atoms with Crippen LogP contribution in [-0.2, 0) is 9.53 Å². The van der Waals surface area contributed by atoms with Gasteiger partial charge in [-0.1, -0.05) is 23.2 Å². The zero-order valence-corrected chi connectivity index (χ0v) is 12.7. The van der Waals surface area contributed by atoms with E-state index in [1.807, 2.05) is 0 Å². The Kier molecular flexibility index (Phi) is 4.91. The van der Waals surface area contributed by atoms with E-state index < -0.39 is 12.0 Å². The highest BCUT2D eigenvalue weighted by atomic mass is 35.5. The number of benzene rings is 1.